The summed E-state index contributed by atoms with van der Waals surface area (Å²) in [5.41, 5.74) is 16.1. The molecule has 12 rings (SSSR count). The van der Waals surface area contributed by atoms with E-state index in [9.17, 15) is 0 Å². The van der Waals surface area contributed by atoms with Crippen LogP contribution in [0.15, 0.2) is 213 Å². The molecule has 290 valence electrons. The highest BCUT2D eigenvalue weighted by atomic mass is 16.5. The van der Waals surface area contributed by atoms with Crippen LogP contribution < -0.4 is 4.74 Å². The molecule has 0 fully saturated rings. The van der Waals surface area contributed by atoms with Crippen LogP contribution in [-0.2, 0) is 5.41 Å². The van der Waals surface area contributed by atoms with Gasteiger partial charge in [-0.3, -0.25) is 9.97 Å². The summed E-state index contributed by atoms with van der Waals surface area (Å²) in [6.45, 7) is 0. The summed E-state index contributed by atoms with van der Waals surface area (Å²) in [5, 5.41) is 0. The number of benzene rings is 6. The first-order valence-corrected chi connectivity index (χ1v) is 20.7. The molecular formula is C56H35N5O. The molecule has 6 nitrogen and oxygen atoms in total. The fraction of sp³-hybridized carbons (Fsp3) is 0.0179. The Labute approximate surface area is 359 Å². The highest BCUT2D eigenvalue weighted by Crippen LogP contribution is 2.65. The van der Waals surface area contributed by atoms with Crippen LogP contribution in [0.5, 0.6) is 11.5 Å². The third-order valence-corrected chi connectivity index (χ3v) is 12.2. The van der Waals surface area contributed by atoms with E-state index in [1.54, 1.807) is 12.4 Å². The van der Waals surface area contributed by atoms with E-state index in [4.69, 9.17) is 19.7 Å². The van der Waals surface area contributed by atoms with Gasteiger partial charge in [0.15, 0.2) is 5.82 Å². The second kappa shape index (κ2) is 14.4. The van der Waals surface area contributed by atoms with Crippen molar-refractivity contribution in [3.05, 3.63) is 235 Å². The van der Waals surface area contributed by atoms with Gasteiger partial charge in [0.2, 0.25) is 0 Å². The molecule has 1 aliphatic carbocycles. The zero-order valence-corrected chi connectivity index (χ0v) is 33.4. The number of rotatable bonds is 6. The summed E-state index contributed by atoms with van der Waals surface area (Å²) in [6.07, 6.45) is 7.33. The number of nitrogens with zero attached hydrogens (tertiary/aromatic N) is 5. The summed E-state index contributed by atoms with van der Waals surface area (Å²) >= 11 is 0. The van der Waals surface area contributed by atoms with Gasteiger partial charge in [-0.2, -0.15) is 0 Å². The summed E-state index contributed by atoms with van der Waals surface area (Å²) in [5.74, 6) is 2.30. The average molecular weight is 794 g/mol. The van der Waals surface area contributed by atoms with Crippen molar-refractivity contribution < 1.29 is 4.74 Å². The van der Waals surface area contributed by atoms with Crippen molar-refractivity contribution in [2.24, 2.45) is 0 Å². The molecule has 0 saturated heterocycles. The maximum Gasteiger partial charge on any atom is 0.161 e. The van der Waals surface area contributed by atoms with E-state index in [-0.39, 0.29) is 0 Å². The van der Waals surface area contributed by atoms with Gasteiger partial charge >= 0.3 is 0 Å². The number of pyridine rings is 3. The minimum absolute atomic E-state index is 0.644. The van der Waals surface area contributed by atoms with Crippen molar-refractivity contribution in [3.63, 3.8) is 0 Å². The Morgan fingerprint density at radius 1 is 0.355 bits per heavy atom. The smallest absolute Gasteiger partial charge is 0.161 e. The molecule has 0 radical (unpaired) electrons. The molecule has 0 N–H and O–H groups in total. The Hall–Kier alpha value is -8.35. The zero-order valence-electron chi connectivity index (χ0n) is 33.4. The number of hydrogen-bond acceptors (Lipinski definition) is 6. The van der Waals surface area contributed by atoms with Gasteiger partial charge < -0.3 is 4.74 Å². The molecule has 6 heteroatoms. The first-order valence-electron chi connectivity index (χ1n) is 20.7. The number of ether oxygens (including phenoxy) is 1. The van der Waals surface area contributed by atoms with Crippen LogP contribution in [0.2, 0.25) is 0 Å². The van der Waals surface area contributed by atoms with E-state index in [1.807, 2.05) is 54.9 Å². The maximum absolute atomic E-state index is 6.74. The predicted molar refractivity (Wildman–Crippen MR) is 245 cm³/mol. The van der Waals surface area contributed by atoms with Gasteiger partial charge in [-0.1, -0.05) is 133 Å². The highest BCUT2D eigenvalue weighted by Gasteiger charge is 2.52. The summed E-state index contributed by atoms with van der Waals surface area (Å²) in [7, 11) is 0. The van der Waals surface area contributed by atoms with Crippen LogP contribution in [0.25, 0.3) is 78.7 Å². The maximum atomic E-state index is 6.74. The van der Waals surface area contributed by atoms with Crippen molar-refractivity contribution >= 4 is 0 Å². The van der Waals surface area contributed by atoms with E-state index < -0.39 is 5.41 Å². The minimum atomic E-state index is -0.737. The van der Waals surface area contributed by atoms with Gasteiger partial charge in [0.05, 0.1) is 28.2 Å². The zero-order chi connectivity index (χ0) is 41.0. The van der Waals surface area contributed by atoms with Crippen LogP contribution in [0.3, 0.4) is 0 Å². The number of hydrogen-bond donors (Lipinski definition) is 0. The summed E-state index contributed by atoms with van der Waals surface area (Å²) < 4.78 is 6.74. The van der Waals surface area contributed by atoms with Crippen molar-refractivity contribution in [1.29, 1.82) is 0 Å². The lowest BCUT2D eigenvalue weighted by atomic mass is 9.66. The third-order valence-electron chi connectivity index (χ3n) is 12.2. The van der Waals surface area contributed by atoms with Gasteiger partial charge in [-0.15, -0.1) is 0 Å². The molecule has 0 saturated carbocycles. The van der Waals surface area contributed by atoms with Gasteiger partial charge in [0, 0.05) is 69.3 Å². The van der Waals surface area contributed by atoms with Gasteiger partial charge in [-0.25, -0.2) is 15.0 Å². The van der Waals surface area contributed by atoms with Crippen LogP contribution in [0, 0.1) is 0 Å². The third kappa shape index (κ3) is 5.54. The molecule has 0 atom stereocenters. The second-order valence-electron chi connectivity index (χ2n) is 15.6. The number of para-hydroxylation sites is 2. The molecule has 5 heterocycles. The standard InChI is InChI=1S/C56H35N5O/c1-3-15-36(16-4-1)48-33-49(37-17-5-2-6-18-37)61-55(60-48)42-22-12-26-46-53(42)52-40(41-29-30-47(38-19-13-31-57-34-38)59-54(41)39-20-14-32-58-35-39)21-11-25-45(52)56(46)43-23-7-9-27-50(43)62-51-28-10-8-24-44(51)56/h1-35H. The molecule has 4 aromatic heterocycles. The van der Waals surface area contributed by atoms with Crippen LogP contribution in [0.4, 0.5) is 0 Å². The molecule has 1 aliphatic heterocycles. The predicted octanol–water partition coefficient (Wildman–Crippen LogP) is 13.1. The first-order chi connectivity index (χ1) is 30.8. The van der Waals surface area contributed by atoms with Crippen molar-refractivity contribution in [3.8, 4) is 90.2 Å². The summed E-state index contributed by atoms with van der Waals surface area (Å²) in [6, 6.07) is 65.4. The lowest BCUT2D eigenvalue weighted by Gasteiger charge is -2.39. The van der Waals surface area contributed by atoms with Gasteiger partial charge in [0.25, 0.3) is 0 Å². The molecule has 1 spiro atoms. The second-order valence-corrected chi connectivity index (χ2v) is 15.6. The van der Waals surface area contributed by atoms with E-state index in [1.165, 1.54) is 0 Å². The Morgan fingerprint density at radius 3 is 1.47 bits per heavy atom. The fourth-order valence-electron chi connectivity index (χ4n) is 9.55. The highest BCUT2D eigenvalue weighted by molar-refractivity contribution is 6.03. The van der Waals surface area contributed by atoms with Crippen molar-refractivity contribution in [2.45, 2.75) is 5.41 Å². The van der Waals surface area contributed by atoms with Crippen LogP contribution >= 0.6 is 0 Å². The Morgan fingerprint density at radius 2 is 0.871 bits per heavy atom. The van der Waals surface area contributed by atoms with E-state index in [2.05, 4.69) is 156 Å². The molecule has 0 amide bonds. The largest absolute Gasteiger partial charge is 0.457 e. The lowest BCUT2D eigenvalue weighted by molar-refractivity contribution is 0.436. The lowest BCUT2D eigenvalue weighted by Crippen LogP contribution is -2.32. The molecule has 0 unspecified atom stereocenters. The van der Waals surface area contributed by atoms with E-state index >= 15 is 0 Å². The average Bonchev–Trinajstić information content (AvgIpc) is 3.66. The van der Waals surface area contributed by atoms with Crippen LogP contribution in [0.1, 0.15) is 22.3 Å². The minimum Gasteiger partial charge on any atom is -0.457 e. The van der Waals surface area contributed by atoms with Crippen molar-refractivity contribution in [2.75, 3.05) is 0 Å². The number of aromatic nitrogens is 5. The Bertz CT molecular complexity index is 3220. The van der Waals surface area contributed by atoms with E-state index in [0.717, 1.165) is 107 Å². The fourth-order valence-corrected chi connectivity index (χ4v) is 9.55. The molecule has 0 bridgehead atoms. The summed E-state index contributed by atoms with van der Waals surface area (Å²) in [4.78, 5) is 25.2. The number of fused-ring (bicyclic) bond motifs is 9. The quantitative estimate of drug-likeness (QED) is 0.167. The topological polar surface area (TPSA) is 73.7 Å². The molecule has 2 aliphatic rings. The molecule has 10 aromatic rings. The first kappa shape index (κ1) is 35.6. The normalized spacial score (nSPS) is 12.8. The Kier molecular flexibility index (Phi) is 8.28. The molecule has 62 heavy (non-hydrogen) atoms. The molecule has 6 aromatic carbocycles. The monoisotopic (exact) mass is 793 g/mol. The van der Waals surface area contributed by atoms with Crippen molar-refractivity contribution in [1.82, 2.24) is 24.9 Å². The van der Waals surface area contributed by atoms with E-state index in [0.29, 0.717) is 5.82 Å². The SMILES string of the molecule is c1ccc(-c2cc(-c3ccccc3)nc(-c3cccc4c3-c3c(-c5ccc(-c6cccnc6)nc5-c5cccnc5)cccc3C43c4ccccc4Oc4ccccc43)n2)cc1. The molecular weight excluding hydrogens is 759 g/mol. The van der Waals surface area contributed by atoms with Gasteiger partial charge in [0.1, 0.15) is 11.5 Å². The van der Waals surface area contributed by atoms with Crippen LogP contribution in [-0.4, -0.2) is 24.9 Å². The Balaban J connectivity index is 1.21. The van der Waals surface area contributed by atoms with Gasteiger partial charge in [-0.05, 0) is 82.4 Å².